The third-order valence-corrected chi connectivity index (χ3v) is 3.39. The Kier molecular flexibility index (Phi) is 5.16. The van der Waals surface area contributed by atoms with E-state index in [2.05, 4.69) is 30.3 Å². The van der Waals surface area contributed by atoms with Crippen LogP contribution in [0.3, 0.4) is 0 Å². The molecule has 0 aliphatic carbocycles. The molecule has 0 radical (unpaired) electrons. The van der Waals surface area contributed by atoms with Crippen molar-refractivity contribution in [2.45, 2.75) is 6.54 Å². The highest BCUT2D eigenvalue weighted by atomic mass is 16.5. The van der Waals surface area contributed by atoms with Crippen LogP contribution in [0.5, 0.6) is 0 Å². The van der Waals surface area contributed by atoms with Crippen molar-refractivity contribution in [3.63, 3.8) is 0 Å². The number of nitrogens with zero attached hydrogens (tertiary/aromatic N) is 3. The molecule has 0 fully saturated rings. The van der Waals surface area contributed by atoms with E-state index < -0.39 is 0 Å². The van der Waals surface area contributed by atoms with Gasteiger partial charge in [0.1, 0.15) is 5.82 Å². The Morgan fingerprint density at radius 2 is 1.88 bits per heavy atom. The Hall–Kier alpha value is -3.48. The summed E-state index contributed by atoms with van der Waals surface area (Å²) in [5.41, 5.74) is 2.18. The van der Waals surface area contributed by atoms with Gasteiger partial charge in [0.05, 0.1) is 24.9 Å². The number of pyridine rings is 1. The van der Waals surface area contributed by atoms with Crippen LogP contribution >= 0.6 is 0 Å². The maximum Gasteiger partial charge on any atom is 0.337 e. The number of nitrogens with one attached hydrogen (secondary N) is 2. The predicted octanol–water partition coefficient (Wildman–Crippen LogP) is 3.01. The fourth-order valence-electron chi connectivity index (χ4n) is 2.14. The number of ether oxygens (including phenoxy) is 1. The summed E-state index contributed by atoms with van der Waals surface area (Å²) in [6, 6.07) is 14.4. The molecule has 0 aliphatic rings. The molecule has 7 nitrogen and oxygen atoms in total. The molecule has 0 aliphatic heterocycles. The minimum absolute atomic E-state index is 0.372. The SMILES string of the molecule is COC(=O)c1ccc(Nc2nccc(NCc3ccccn3)n2)cc1. The Bertz CT molecular complexity index is 838. The number of carbonyl (C=O) groups excluding carboxylic acids is 1. The third kappa shape index (κ3) is 4.51. The molecular formula is C18H17N5O2. The largest absolute Gasteiger partial charge is 0.465 e. The highest BCUT2D eigenvalue weighted by Crippen LogP contribution is 2.16. The molecule has 7 heteroatoms. The topological polar surface area (TPSA) is 89.0 Å². The summed E-state index contributed by atoms with van der Waals surface area (Å²) in [6.07, 6.45) is 3.42. The van der Waals surface area contributed by atoms with Gasteiger partial charge in [-0.1, -0.05) is 6.07 Å². The molecule has 0 saturated heterocycles. The van der Waals surface area contributed by atoms with Gasteiger partial charge in [0.15, 0.2) is 0 Å². The van der Waals surface area contributed by atoms with Crippen molar-refractivity contribution in [1.29, 1.82) is 0 Å². The van der Waals surface area contributed by atoms with Crippen molar-refractivity contribution < 1.29 is 9.53 Å². The van der Waals surface area contributed by atoms with Crippen LogP contribution in [0.15, 0.2) is 60.9 Å². The highest BCUT2D eigenvalue weighted by Gasteiger charge is 2.05. The van der Waals surface area contributed by atoms with E-state index >= 15 is 0 Å². The van der Waals surface area contributed by atoms with Crippen LogP contribution in [-0.4, -0.2) is 28.0 Å². The second-order valence-corrected chi connectivity index (χ2v) is 5.13. The molecule has 0 spiro atoms. The van der Waals surface area contributed by atoms with E-state index in [1.165, 1.54) is 7.11 Å². The minimum Gasteiger partial charge on any atom is -0.465 e. The molecule has 2 heterocycles. The zero-order chi connectivity index (χ0) is 17.5. The molecule has 0 bridgehead atoms. The molecule has 1 aromatic carbocycles. The van der Waals surface area contributed by atoms with Gasteiger partial charge in [-0.15, -0.1) is 0 Å². The number of methoxy groups -OCH3 is 1. The smallest absolute Gasteiger partial charge is 0.337 e. The van der Waals surface area contributed by atoms with E-state index in [1.807, 2.05) is 18.2 Å². The Labute approximate surface area is 145 Å². The maximum atomic E-state index is 11.4. The summed E-state index contributed by atoms with van der Waals surface area (Å²) in [4.78, 5) is 24.3. The first kappa shape index (κ1) is 16.4. The Balaban J connectivity index is 1.64. The van der Waals surface area contributed by atoms with Gasteiger partial charge in [-0.2, -0.15) is 4.98 Å². The van der Waals surface area contributed by atoms with Crippen molar-refractivity contribution >= 4 is 23.4 Å². The second-order valence-electron chi connectivity index (χ2n) is 5.13. The summed E-state index contributed by atoms with van der Waals surface area (Å²) in [6.45, 7) is 0.575. The van der Waals surface area contributed by atoms with Crippen LogP contribution < -0.4 is 10.6 Å². The molecule has 3 aromatic rings. The summed E-state index contributed by atoms with van der Waals surface area (Å²) in [5.74, 6) is 0.773. The zero-order valence-corrected chi connectivity index (χ0v) is 13.6. The normalized spacial score (nSPS) is 10.1. The molecule has 25 heavy (non-hydrogen) atoms. The molecule has 2 N–H and O–H groups in total. The standard InChI is InChI=1S/C18H17N5O2/c1-25-17(24)13-5-7-14(8-6-13)22-18-20-11-9-16(23-18)21-12-15-4-2-3-10-19-15/h2-11H,12H2,1H3,(H2,20,21,22,23). The van der Waals surface area contributed by atoms with Gasteiger partial charge < -0.3 is 15.4 Å². The predicted molar refractivity (Wildman–Crippen MR) is 94.7 cm³/mol. The van der Waals surface area contributed by atoms with Gasteiger partial charge in [0, 0.05) is 18.1 Å². The van der Waals surface area contributed by atoms with E-state index in [9.17, 15) is 4.79 Å². The first-order valence-corrected chi connectivity index (χ1v) is 7.67. The van der Waals surface area contributed by atoms with E-state index in [0.717, 1.165) is 11.4 Å². The molecular weight excluding hydrogens is 318 g/mol. The number of benzene rings is 1. The van der Waals surface area contributed by atoms with E-state index in [4.69, 9.17) is 0 Å². The first-order valence-electron chi connectivity index (χ1n) is 7.67. The van der Waals surface area contributed by atoms with Crippen LogP contribution in [0.1, 0.15) is 16.1 Å². The van der Waals surface area contributed by atoms with Gasteiger partial charge in [-0.05, 0) is 42.5 Å². The second kappa shape index (κ2) is 7.87. The van der Waals surface area contributed by atoms with Gasteiger partial charge in [0.25, 0.3) is 0 Å². The number of anilines is 3. The van der Waals surface area contributed by atoms with E-state index in [1.54, 1.807) is 42.7 Å². The summed E-state index contributed by atoms with van der Waals surface area (Å²) in [7, 11) is 1.35. The minimum atomic E-state index is -0.372. The quantitative estimate of drug-likeness (QED) is 0.669. The van der Waals surface area contributed by atoms with Crippen LogP contribution in [0.2, 0.25) is 0 Å². The maximum absolute atomic E-state index is 11.4. The fourth-order valence-corrected chi connectivity index (χ4v) is 2.14. The monoisotopic (exact) mass is 335 g/mol. The van der Waals surface area contributed by atoms with Gasteiger partial charge in [0.2, 0.25) is 5.95 Å². The lowest BCUT2D eigenvalue weighted by Crippen LogP contribution is -2.05. The van der Waals surface area contributed by atoms with Crippen molar-refractivity contribution in [2.75, 3.05) is 17.7 Å². The van der Waals surface area contributed by atoms with Crippen LogP contribution in [0, 0.1) is 0 Å². The molecule has 0 amide bonds. The van der Waals surface area contributed by atoms with Crippen molar-refractivity contribution in [2.24, 2.45) is 0 Å². The van der Waals surface area contributed by atoms with E-state index in [-0.39, 0.29) is 5.97 Å². The first-order chi connectivity index (χ1) is 12.2. The van der Waals surface area contributed by atoms with Gasteiger partial charge in [-0.3, -0.25) is 4.98 Å². The van der Waals surface area contributed by atoms with Crippen molar-refractivity contribution in [3.8, 4) is 0 Å². The molecule has 126 valence electrons. The Morgan fingerprint density at radius 3 is 2.60 bits per heavy atom. The Morgan fingerprint density at radius 1 is 1.04 bits per heavy atom. The van der Waals surface area contributed by atoms with Crippen molar-refractivity contribution in [1.82, 2.24) is 15.0 Å². The lowest BCUT2D eigenvalue weighted by Gasteiger charge is -2.08. The van der Waals surface area contributed by atoms with Crippen LogP contribution in [0.25, 0.3) is 0 Å². The lowest BCUT2D eigenvalue weighted by atomic mass is 10.2. The number of hydrogen-bond donors (Lipinski definition) is 2. The number of esters is 1. The average Bonchev–Trinajstić information content (AvgIpc) is 2.67. The number of hydrogen-bond acceptors (Lipinski definition) is 7. The molecule has 0 unspecified atom stereocenters. The zero-order valence-electron chi connectivity index (χ0n) is 13.6. The summed E-state index contributed by atoms with van der Waals surface area (Å²) in [5, 5.41) is 6.30. The molecule has 2 aromatic heterocycles. The van der Waals surface area contributed by atoms with Gasteiger partial charge >= 0.3 is 5.97 Å². The summed E-state index contributed by atoms with van der Waals surface area (Å²) >= 11 is 0. The third-order valence-electron chi connectivity index (χ3n) is 3.39. The molecule has 0 saturated carbocycles. The number of rotatable bonds is 6. The molecule has 0 atom stereocenters. The highest BCUT2D eigenvalue weighted by molar-refractivity contribution is 5.89. The summed E-state index contributed by atoms with van der Waals surface area (Å²) < 4.78 is 4.68. The van der Waals surface area contributed by atoms with E-state index in [0.29, 0.717) is 23.9 Å². The van der Waals surface area contributed by atoms with Crippen LogP contribution in [-0.2, 0) is 11.3 Å². The number of carbonyl (C=O) groups is 1. The van der Waals surface area contributed by atoms with Crippen molar-refractivity contribution in [3.05, 3.63) is 72.2 Å². The fraction of sp³-hybridized carbons (Fsp3) is 0.111. The van der Waals surface area contributed by atoms with Crippen LogP contribution in [0.4, 0.5) is 17.5 Å². The molecule has 3 rings (SSSR count). The number of aromatic nitrogens is 3. The lowest BCUT2D eigenvalue weighted by molar-refractivity contribution is 0.0601. The average molecular weight is 335 g/mol. The van der Waals surface area contributed by atoms with Gasteiger partial charge in [-0.25, -0.2) is 9.78 Å².